The minimum atomic E-state index is -0.285. The van der Waals surface area contributed by atoms with Crippen molar-refractivity contribution in [2.24, 2.45) is 0 Å². The predicted octanol–water partition coefficient (Wildman–Crippen LogP) is 4.20. The molecule has 3 N–H and O–H groups in total. The van der Waals surface area contributed by atoms with E-state index < -0.39 is 0 Å². The Morgan fingerprint density at radius 1 is 1.13 bits per heavy atom. The van der Waals surface area contributed by atoms with Crippen molar-refractivity contribution in [3.05, 3.63) is 78.0 Å². The number of urea groups is 1. The van der Waals surface area contributed by atoms with Gasteiger partial charge in [0.15, 0.2) is 5.65 Å². The number of hydroxylamine groups is 2. The van der Waals surface area contributed by atoms with Crippen molar-refractivity contribution in [2.45, 2.75) is 19.4 Å². The number of fused-ring (bicyclic) bond motifs is 1. The monoisotopic (exact) mass is 414 g/mol. The Labute approximate surface area is 179 Å². The van der Waals surface area contributed by atoms with E-state index in [9.17, 15) is 4.79 Å². The number of anilines is 2. The van der Waals surface area contributed by atoms with Crippen LogP contribution in [-0.2, 0) is 4.84 Å². The van der Waals surface area contributed by atoms with Crippen LogP contribution in [0.2, 0.25) is 0 Å². The van der Waals surface area contributed by atoms with E-state index >= 15 is 0 Å². The third kappa shape index (κ3) is 3.69. The van der Waals surface area contributed by atoms with E-state index in [2.05, 4.69) is 15.4 Å². The summed E-state index contributed by atoms with van der Waals surface area (Å²) < 4.78 is 1.63. The smallest absolute Gasteiger partial charge is 0.346 e. The lowest BCUT2D eigenvalue weighted by atomic mass is 10.0. The van der Waals surface area contributed by atoms with Crippen molar-refractivity contribution < 1.29 is 9.63 Å². The molecule has 0 aliphatic carbocycles. The van der Waals surface area contributed by atoms with E-state index in [1.807, 2.05) is 73.8 Å². The number of carbonyl (C=O) groups is 1. The molecule has 2 amide bonds. The fraction of sp³-hybridized carbons (Fsp3) is 0.174. The van der Waals surface area contributed by atoms with Gasteiger partial charge in [0.05, 0.1) is 12.6 Å². The summed E-state index contributed by atoms with van der Waals surface area (Å²) in [6.07, 6.45) is 2.58. The summed E-state index contributed by atoms with van der Waals surface area (Å²) in [5.41, 5.74) is 11.0. The number of pyridine rings is 1. The van der Waals surface area contributed by atoms with Crippen LogP contribution in [0.1, 0.15) is 23.6 Å². The third-order valence-electron chi connectivity index (χ3n) is 5.46. The fourth-order valence-electron chi connectivity index (χ4n) is 3.83. The highest BCUT2D eigenvalue weighted by molar-refractivity contribution is 5.91. The van der Waals surface area contributed by atoms with Crippen molar-refractivity contribution >= 4 is 23.3 Å². The van der Waals surface area contributed by atoms with Crippen LogP contribution in [0.4, 0.5) is 16.4 Å². The molecule has 31 heavy (non-hydrogen) atoms. The molecular weight excluding hydrogens is 392 g/mol. The fourth-order valence-corrected chi connectivity index (χ4v) is 3.83. The van der Waals surface area contributed by atoms with E-state index in [-0.39, 0.29) is 18.0 Å². The molecule has 1 saturated heterocycles. The maximum absolute atomic E-state index is 13.0. The molecule has 2 aromatic carbocycles. The van der Waals surface area contributed by atoms with E-state index in [0.29, 0.717) is 12.3 Å². The molecule has 0 spiro atoms. The highest BCUT2D eigenvalue weighted by Crippen LogP contribution is 2.32. The molecule has 3 heterocycles. The topological polar surface area (TPSA) is 97.8 Å². The van der Waals surface area contributed by atoms with Gasteiger partial charge < -0.3 is 11.1 Å². The van der Waals surface area contributed by atoms with Crippen LogP contribution in [0, 0.1) is 6.92 Å². The van der Waals surface area contributed by atoms with E-state index in [0.717, 1.165) is 34.4 Å². The second-order valence-corrected chi connectivity index (χ2v) is 7.52. The van der Waals surface area contributed by atoms with Gasteiger partial charge in [-0.2, -0.15) is 10.0 Å². The number of amides is 2. The van der Waals surface area contributed by atoms with Crippen LogP contribution in [0.5, 0.6) is 0 Å². The van der Waals surface area contributed by atoms with Crippen molar-refractivity contribution in [2.75, 3.05) is 17.7 Å². The molecule has 5 rings (SSSR count). The summed E-state index contributed by atoms with van der Waals surface area (Å²) in [4.78, 5) is 22.9. The minimum absolute atomic E-state index is 0.106. The molecule has 2 aromatic heterocycles. The zero-order valence-corrected chi connectivity index (χ0v) is 17.0. The quantitative estimate of drug-likeness (QED) is 0.524. The van der Waals surface area contributed by atoms with E-state index in [1.165, 1.54) is 5.06 Å². The Morgan fingerprint density at radius 3 is 2.77 bits per heavy atom. The summed E-state index contributed by atoms with van der Waals surface area (Å²) in [6.45, 7) is 2.47. The van der Waals surface area contributed by atoms with Gasteiger partial charge in [0.1, 0.15) is 0 Å². The molecule has 0 bridgehead atoms. The van der Waals surface area contributed by atoms with Crippen LogP contribution in [0.3, 0.4) is 0 Å². The number of benzene rings is 2. The number of rotatable bonds is 3. The lowest BCUT2D eigenvalue weighted by Crippen LogP contribution is -2.33. The van der Waals surface area contributed by atoms with Crippen LogP contribution in [-0.4, -0.2) is 32.3 Å². The maximum atomic E-state index is 13.0. The lowest BCUT2D eigenvalue weighted by molar-refractivity contribution is -0.0829. The number of carbonyl (C=O) groups excluding carboxylic acids is 1. The number of aromatic nitrogens is 3. The second kappa shape index (κ2) is 7.73. The molecule has 4 aromatic rings. The molecule has 8 heteroatoms. The van der Waals surface area contributed by atoms with Crippen molar-refractivity contribution in [1.82, 2.24) is 19.7 Å². The van der Waals surface area contributed by atoms with Crippen molar-refractivity contribution in [1.29, 1.82) is 0 Å². The van der Waals surface area contributed by atoms with Gasteiger partial charge in [-0.1, -0.05) is 42.5 Å². The van der Waals surface area contributed by atoms with Gasteiger partial charge in [-0.15, -0.1) is 5.10 Å². The molecule has 0 radical (unpaired) electrons. The summed E-state index contributed by atoms with van der Waals surface area (Å²) in [5.74, 6) is 0.229. The Morgan fingerprint density at radius 2 is 1.94 bits per heavy atom. The molecular formula is C23H22N6O2. The summed E-state index contributed by atoms with van der Waals surface area (Å²) in [5, 5.41) is 8.55. The van der Waals surface area contributed by atoms with Gasteiger partial charge >= 0.3 is 6.03 Å². The number of hydrogen-bond donors (Lipinski definition) is 2. The number of nitrogens with zero attached hydrogens (tertiary/aromatic N) is 4. The van der Waals surface area contributed by atoms with Crippen LogP contribution in [0.15, 0.2) is 66.9 Å². The van der Waals surface area contributed by atoms with Gasteiger partial charge in [-0.05, 0) is 47.4 Å². The number of nitrogen functional groups attached to an aromatic ring is 1. The summed E-state index contributed by atoms with van der Waals surface area (Å²) in [6, 6.07) is 19.3. The molecule has 8 nitrogen and oxygen atoms in total. The largest absolute Gasteiger partial charge is 0.366 e. The molecule has 1 aliphatic rings. The summed E-state index contributed by atoms with van der Waals surface area (Å²) >= 11 is 0. The average molecular weight is 414 g/mol. The first-order chi connectivity index (χ1) is 15.1. The molecule has 0 saturated carbocycles. The highest BCUT2D eigenvalue weighted by Gasteiger charge is 2.32. The normalized spacial score (nSPS) is 16.0. The van der Waals surface area contributed by atoms with Gasteiger partial charge in [0.25, 0.3) is 0 Å². The van der Waals surface area contributed by atoms with Crippen molar-refractivity contribution in [3.8, 4) is 11.1 Å². The van der Waals surface area contributed by atoms with Gasteiger partial charge in [-0.3, -0.25) is 4.84 Å². The molecule has 0 unspecified atom stereocenters. The Balaban J connectivity index is 1.40. The summed E-state index contributed by atoms with van der Waals surface area (Å²) in [7, 11) is 0. The lowest BCUT2D eigenvalue weighted by Gasteiger charge is -2.23. The molecule has 1 aliphatic heterocycles. The Kier molecular flexibility index (Phi) is 4.76. The first kappa shape index (κ1) is 19.1. The Hall–Kier alpha value is -3.91. The highest BCUT2D eigenvalue weighted by atomic mass is 16.7. The second-order valence-electron chi connectivity index (χ2n) is 7.52. The average Bonchev–Trinajstić information content (AvgIpc) is 3.41. The van der Waals surface area contributed by atoms with Gasteiger partial charge in [0.2, 0.25) is 5.95 Å². The van der Waals surface area contributed by atoms with E-state index in [4.69, 9.17) is 10.6 Å². The first-order valence-corrected chi connectivity index (χ1v) is 10.1. The predicted molar refractivity (Wildman–Crippen MR) is 118 cm³/mol. The minimum Gasteiger partial charge on any atom is -0.366 e. The van der Waals surface area contributed by atoms with Gasteiger partial charge in [0, 0.05) is 18.3 Å². The Bertz CT molecular complexity index is 1250. The van der Waals surface area contributed by atoms with Crippen LogP contribution in [0.25, 0.3) is 16.8 Å². The standard InChI is InChI=1S/C23H22N6O2/c1-15-7-8-17(18-9-11-28-21(14-18)26-22(24)27-28)13-19(15)25-23(30)29-20(10-12-31-29)16-5-3-2-4-6-16/h2-9,11,13-14,20H,10,12H2,1H3,(H2,24,27)(H,25,30)/t20-/m0/s1. The zero-order chi connectivity index (χ0) is 21.4. The number of nitrogens with one attached hydrogen (secondary N) is 1. The van der Waals surface area contributed by atoms with E-state index in [1.54, 1.807) is 4.52 Å². The molecule has 156 valence electrons. The maximum Gasteiger partial charge on any atom is 0.346 e. The SMILES string of the molecule is Cc1ccc(-c2ccn3nc(N)nc3c2)cc1NC(=O)N1OCC[C@H]1c1ccccc1. The molecule has 1 fully saturated rings. The van der Waals surface area contributed by atoms with Crippen molar-refractivity contribution in [3.63, 3.8) is 0 Å². The first-order valence-electron chi connectivity index (χ1n) is 10.1. The number of hydrogen-bond acceptors (Lipinski definition) is 5. The number of aryl methyl sites for hydroxylation is 1. The van der Waals surface area contributed by atoms with Crippen LogP contribution < -0.4 is 11.1 Å². The third-order valence-corrected chi connectivity index (χ3v) is 5.46. The van der Waals surface area contributed by atoms with Gasteiger partial charge in [-0.25, -0.2) is 9.31 Å². The zero-order valence-electron chi connectivity index (χ0n) is 17.0. The number of nitrogens with two attached hydrogens (primary N) is 1. The molecule has 1 atom stereocenters. The van der Waals surface area contributed by atoms with Crippen LogP contribution >= 0.6 is 0 Å².